The lowest BCUT2D eigenvalue weighted by Gasteiger charge is -2.21. The second-order valence-corrected chi connectivity index (χ2v) is 5.92. The molecule has 7 nitrogen and oxygen atoms in total. The molecule has 2 rings (SSSR count). The Labute approximate surface area is 123 Å². The summed E-state index contributed by atoms with van der Waals surface area (Å²) >= 11 is 2.02. The summed E-state index contributed by atoms with van der Waals surface area (Å²) in [6.07, 6.45) is 3.38. The molecule has 1 aliphatic rings. The van der Waals surface area contributed by atoms with Gasteiger partial charge in [0.15, 0.2) is 0 Å². The summed E-state index contributed by atoms with van der Waals surface area (Å²) in [6, 6.07) is 0.302. The highest BCUT2D eigenvalue weighted by molar-refractivity contribution is 7.99. The molecular formula is C12H22N6OS. The van der Waals surface area contributed by atoms with Crippen LogP contribution in [0.1, 0.15) is 26.2 Å². The van der Waals surface area contributed by atoms with E-state index in [-0.39, 0.29) is 0 Å². The van der Waals surface area contributed by atoms with Gasteiger partial charge in [0.05, 0.1) is 6.61 Å². The van der Waals surface area contributed by atoms with Crippen molar-refractivity contribution in [3.8, 4) is 6.01 Å². The SMILES string of the molecule is CCCOc1nc(NN)nc(NCC2CCSCC2)n1. The Morgan fingerprint density at radius 1 is 1.25 bits per heavy atom. The number of hydrogen-bond acceptors (Lipinski definition) is 8. The Morgan fingerprint density at radius 2 is 2.00 bits per heavy atom. The number of hydrogen-bond donors (Lipinski definition) is 3. The second kappa shape index (κ2) is 8.11. The molecule has 0 aromatic carbocycles. The van der Waals surface area contributed by atoms with Crippen molar-refractivity contribution < 1.29 is 4.74 Å². The molecule has 0 amide bonds. The highest BCUT2D eigenvalue weighted by Gasteiger charge is 2.14. The zero-order valence-electron chi connectivity index (χ0n) is 11.8. The highest BCUT2D eigenvalue weighted by atomic mass is 32.2. The fourth-order valence-electron chi connectivity index (χ4n) is 1.94. The van der Waals surface area contributed by atoms with E-state index in [9.17, 15) is 0 Å². The number of nitrogens with one attached hydrogen (secondary N) is 2. The lowest BCUT2D eigenvalue weighted by atomic mass is 10.0. The normalized spacial score (nSPS) is 15.9. The number of ether oxygens (including phenoxy) is 1. The Kier molecular flexibility index (Phi) is 6.13. The summed E-state index contributed by atoms with van der Waals surface area (Å²) in [6.45, 7) is 3.48. The van der Waals surface area contributed by atoms with Crippen LogP contribution in [0.15, 0.2) is 0 Å². The van der Waals surface area contributed by atoms with E-state index < -0.39 is 0 Å². The van der Waals surface area contributed by atoms with Crippen LogP contribution in [0, 0.1) is 5.92 Å². The molecule has 0 aliphatic carbocycles. The predicted molar refractivity (Wildman–Crippen MR) is 82.0 cm³/mol. The smallest absolute Gasteiger partial charge is 0.323 e. The Morgan fingerprint density at radius 3 is 2.70 bits per heavy atom. The van der Waals surface area contributed by atoms with Crippen molar-refractivity contribution in [3.05, 3.63) is 0 Å². The number of thioether (sulfide) groups is 1. The molecule has 2 heterocycles. The molecule has 0 spiro atoms. The van der Waals surface area contributed by atoms with Gasteiger partial charge in [0.2, 0.25) is 11.9 Å². The summed E-state index contributed by atoms with van der Waals surface area (Å²) in [5.41, 5.74) is 2.44. The van der Waals surface area contributed by atoms with Crippen molar-refractivity contribution >= 4 is 23.7 Å². The number of nitrogen functional groups attached to an aromatic ring is 1. The molecule has 4 N–H and O–H groups in total. The van der Waals surface area contributed by atoms with Crippen LogP contribution in [0.5, 0.6) is 6.01 Å². The number of anilines is 2. The van der Waals surface area contributed by atoms with Crippen LogP contribution in [0.2, 0.25) is 0 Å². The lowest BCUT2D eigenvalue weighted by Crippen LogP contribution is -2.21. The lowest BCUT2D eigenvalue weighted by molar-refractivity contribution is 0.292. The van der Waals surface area contributed by atoms with Crippen LogP contribution < -0.4 is 21.3 Å². The van der Waals surface area contributed by atoms with E-state index in [1.807, 2.05) is 18.7 Å². The van der Waals surface area contributed by atoms with Gasteiger partial charge in [0.1, 0.15) is 0 Å². The third-order valence-electron chi connectivity index (χ3n) is 3.07. The Hall–Kier alpha value is -1.28. The Balaban J connectivity index is 1.94. The fourth-order valence-corrected chi connectivity index (χ4v) is 3.15. The topological polar surface area (TPSA) is 98.0 Å². The molecule has 0 bridgehead atoms. The molecule has 0 radical (unpaired) electrons. The third kappa shape index (κ3) is 4.68. The minimum Gasteiger partial charge on any atom is -0.463 e. The fraction of sp³-hybridized carbons (Fsp3) is 0.750. The predicted octanol–water partition coefficient (Wildman–Crippen LogP) is 1.50. The average molecular weight is 298 g/mol. The van der Waals surface area contributed by atoms with E-state index in [1.54, 1.807) is 0 Å². The van der Waals surface area contributed by atoms with Gasteiger partial charge in [0, 0.05) is 6.54 Å². The molecule has 0 unspecified atom stereocenters. The second-order valence-electron chi connectivity index (χ2n) is 4.69. The zero-order chi connectivity index (χ0) is 14.2. The molecule has 1 aromatic heterocycles. The first-order chi connectivity index (χ1) is 9.81. The summed E-state index contributed by atoms with van der Waals surface area (Å²) in [5.74, 6) is 9.35. The average Bonchev–Trinajstić information content (AvgIpc) is 2.51. The van der Waals surface area contributed by atoms with Crippen molar-refractivity contribution in [2.45, 2.75) is 26.2 Å². The molecule has 1 saturated heterocycles. The molecule has 0 atom stereocenters. The maximum absolute atomic E-state index is 5.43. The Bertz CT molecular complexity index is 413. The maximum atomic E-state index is 5.43. The van der Waals surface area contributed by atoms with Gasteiger partial charge < -0.3 is 10.1 Å². The maximum Gasteiger partial charge on any atom is 0.323 e. The first-order valence-corrected chi connectivity index (χ1v) is 8.14. The first kappa shape index (κ1) is 15.1. The van der Waals surface area contributed by atoms with Crippen LogP contribution in [0.25, 0.3) is 0 Å². The number of hydrazine groups is 1. The van der Waals surface area contributed by atoms with Crippen molar-refractivity contribution in [1.82, 2.24) is 15.0 Å². The summed E-state index contributed by atoms with van der Waals surface area (Å²) in [4.78, 5) is 12.5. The molecule has 8 heteroatoms. The van der Waals surface area contributed by atoms with Crippen LogP contribution in [0.3, 0.4) is 0 Å². The van der Waals surface area contributed by atoms with E-state index in [0.717, 1.165) is 13.0 Å². The van der Waals surface area contributed by atoms with Crippen LogP contribution in [-0.4, -0.2) is 39.6 Å². The summed E-state index contributed by atoms with van der Waals surface area (Å²) in [7, 11) is 0. The van der Waals surface area contributed by atoms with E-state index >= 15 is 0 Å². The number of nitrogens with zero attached hydrogens (tertiary/aromatic N) is 3. The molecule has 1 aromatic rings. The number of nitrogens with two attached hydrogens (primary N) is 1. The van der Waals surface area contributed by atoms with Crippen LogP contribution >= 0.6 is 11.8 Å². The third-order valence-corrected chi connectivity index (χ3v) is 4.12. The van der Waals surface area contributed by atoms with Gasteiger partial charge in [-0.2, -0.15) is 26.7 Å². The van der Waals surface area contributed by atoms with Gasteiger partial charge >= 0.3 is 6.01 Å². The molecule has 1 fully saturated rings. The van der Waals surface area contributed by atoms with Gasteiger partial charge in [-0.3, -0.25) is 5.43 Å². The molecule has 112 valence electrons. The molecule has 1 aliphatic heterocycles. The van der Waals surface area contributed by atoms with Gasteiger partial charge in [-0.15, -0.1) is 0 Å². The molecule has 20 heavy (non-hydrogen) atoms. The number of aromatic nitrogens is 3. The van der Waals surface area contributed by atoms with Crippen molar-refractivity contribution in [3.63, 3.8) is 0 Å². The van der Waals surface area contributed by atoms with Crippen LogP contribution in [-0.2, 0) is 0 Å². The first-order valence-electron chi connectivity index (χ1n) is 6.99. The van der Waals surface area contributed by atoms with Crippen molar-refractivity contribution in [2.24, 2.45) is 11.8 Å². The zero-order valence-corrected chi connectivity index (χ0v) is 12.6. The van der Waals surface area contributed by atoms with Gasteiger partial charge in [-0.25, -0.2) is 5.84 Å². The van der Waals surface area contributed by atoms with E-state index in [0.29, 0.717) is 30.4 Å². The van der Waals surface area contributed by atoms with E-state index in [4.69, 9.17) is 10.6 Å². The largest absolute Gasteiger partial charge is 0.463 e. The van der Waals surface area contributed by atoms with Crippen molar-refractivity contribution in [2.75, 3.05) is 35.4 Å². The molecular weight excluding hydrogens is 276 g/mol. The minimum atomic E-state index is 0.302. The van der Waals surface area contributed by atoms with E-state index in [1.165, 1.54) is 24.3 Å². The van der Waals surface area contributed by atoms with Crippen LogP contribution in [0.4, 0.5) is 11.9 Å². The minimum absolute atomic E-state index is 0.302. The van der Waals surface area contributed by atoms with E-state index in [2.05, 4.69) is 25.7 Å². The standard InChI is InChI=1S/C12H22N6OS/c1-2-5-19-12-16-10(15-11(17-12)18-13)14-8-9-3-6-20-7-4-9/h9H,2-8,13H2,1H3,(H2,14,15,16,17,18). The van der Waals surface area contributed by atoms with Gasteiger partial charge in [0.25, 0.3) is 0 Å². The summed E-state index contributed by atoms with van der Waals surface area (Å²) < 4.78 is 5.43. The quantitative estimate of drug-likeness (QED) is 0.514. The highest BCUT2D eigenvalue weighted by Crippen LogP contribution is 2.23. The number of rotatable bonds is 7. The summed E-state index contributed by atoms with van der Waals surface area (Å²) in [5, 5.41) is 3.26. The monoisotopic (exact) mass is 298 g/mol. The van der Waals surface area contributed by atoms with Gasteiger partial charge in [-0.05, 0) is 36.7 Å². The molecule has 0 saturated carbocycles. The van der Waals surface area contributed by atoms with Gasteiger partial charge in [-0.1, -0.05) is 6.92 Å². The van der Waals surface area contributed by atoms with Crippen molar-refractivity contribution in [1.29, 1.82) is 0 Å².